The van der Waals surface area contributed by atoms with Crippen molar-refractivity contribution in [1.29, 1.82) is 0 Å². The van der Waals surface area contributed by atoms with E-state index < -0.39 is 17.8 Å². The van der Waals surface area contributed by atoms with E-state index >= 15 is 0 Å². The van der Waals surface area contributed by atoms with E-state index in [2.05, 4.69) is 10.1 Å². The molecule has 0 radical (unpaired) electrons. The van der Waals surface area contributed by atoms with Crippen molar-refractivity contribution in [3.63, 3.8) is 0 Å². The van der Waals surface area contributed by atoms with Gasteiger partial charge in [-0.05, 0) is 18.2 Å². The predicted octanol–water partition coefficient (Wildman–Crippen LogP) is 1.71. The number of benzene rings is 1. The van der Waals surface area contributed by atoms with E-state index in [-0.39, 0.29) is 16.3 Å². The SMILES string of the molecule is COC(=O)/C=C\C(=O)Nc1ccc(Cl)cc1C(=O)O. The normalized spacial score (nSPS) is 10.2. The molecule has 7 heteroatoms. The van der Waals surface area contributed by atoms with Crippen LogP contribution in [-0.4, -0.2) is 30.1 Å². The zero-order valence-corrected chi connectivity index (χ0v) is 10.6. The number of nitrogens with one attached hydrogen (secondary N) is 1. The summed E-state index contributed by atoms with van der Waals surface area (Å²) in [6, 6.07) is 4.01. The summed E-state index contributed by atoms with van der Waals surface area (Å²) in [5, 5.41) is 11.5. The fraction of sp³-hybridized carbons (Fsp3) is 0.0833. The van der Waals surface area contributed by atoms with Gasteiger partial charge in [-0.2, -0.15) is 0 Å². The topological polar surface area (TPSA) is 92.7 Å². The summed E-state index contributed by atoms with van der Waals surface area (Å²) in [6.07, 6.45) is 1.86. The van der Waals surface area contributed by atoms with Gasteiger partial charge in [-0.3, -0.25) is 4.79 Å². The van der Waals surface area contributed by atoms with Crippen LogP contribution in [0.15, 0.2) is 30.4 Å². The second-order valence-electron chi connectivity index (χ2n) is 3.34. The maximum absolute atomic E-state index is 11.5. The maximum Gasteiger partial charge on any atom is 0.337 e. The monoisotopic (exact) mass is 283 g/mol. The molecule has 0 aromatic heterocycles. The highest BCUT2D eigenvalue weighted by Crippen LogP contribution is 2.20. The molecule has 19 heavy (non-hydrogen) atoms. The summed E-state index contributed by atoms with van der Waals surface area (Å²) in [6.45, 7) is 0. The minimum absolute atomic E-state index is 0.0800. The second-order valence-corrected chi connectivity index (χ2v) is 3.78. The molecule has 0 atom stereocenters. The van der Waals surface area contributed by atoms with E-state index in [1.165, 1.54) is 25.3 Å². The summed E-state index contributed by atoms with van der Waals surface area (Å²) in [4.78, 5) is 33.2. The Balaban J connectivity index is 2.88. The van der Waals surface area contributed by atoms with E-state index in [4.69, 9.17) is 16.7 Å². The number of hydrogen-bond donors (Lipinski definition) is 2. The lowest BCUT2D eigenvalue weighted by Crippen LogP contribution is -2.12. The number of halogens is 1. The van der Waals surface area contributed by atoms with Crippen molar-refractivity contribution in [2.45, 2.75) is 0 Å². The number of carbonyl (C=O) groups is 3. The number of esters is 1. The van der Waals surface area contributed by atoms with E-state index in [0.29, 0.717) is 0 Å². The van der Waals surface area contributed by atoms with Crippen LogP contribution in [0.1, 0.15) is 10.4 Å². The van der Waals surface area contributed by atoms with Crippen LogP contribution in [-0.2, 0) is 14.3 Å². The first-order valence-electron chi connectivity index (χ1n) is 5.04. The number of carboxylic acids is 1. The zero-order valence-electron chi connectivity index (χ0n) is 9.84. The Kier molecular flexibility index (Phi) is 5.08. The minimum atomic E-state index is -1.23. The van der Waals surface area contributed by atoms with Gasteiger partial charge < -0.3 is 15.2 Å². The van der Waals surface area contributed by atoms with Crippen LogP contribution in [0.5, 0.6) is 0 Å². The van der Waals surface area contributed by atoms with Gasteiger partial charge in [-0.25, -0.2) is 9.59 Å². The number of carbonyl (C=O) groups excluding carboxylic acids is 2. The summed E-state index contributed by atoms with van der Waals surface area (Å²) < 4.78 is 4.31. The summed E-state index contributed by atoms with van der Waals surface area (Å²) >= 11 is 5.67. The van der Waals surface area contributed by atoms with Crippen molar-refractivity contribution in [2.24, 2.45) is 0 Å². The van der Waals surface area contributed by atoms with Gasteiger partial charge in [0.1, 0.15) is 0 Å². The Morgan fingerprint density at radius 1 is 1.32 bits per heavy atom. The molecule has 0 fully saturated rings. The Morgan fingerprint density at radius 3 is 2.58 bits per heavy atom. The first-order valence-corrected chi connectivity index (χ1v) is 5.41. The van der Waals surface area contributed by atoms with Crippen LogP contribution >= 0.6 is 11.6 Å². The predicted molar refractivity (Wildman–Crippen MR) is 68.2 cm³/mol. The molecule has 0 aliphatic rings. The van der Waals surface area contributed by atoms with Crippen LogP contribution in [0.4, 0.5) is 5.69 Å². The quantitative estimate of drug-likeness (QED) is 0.648. The zero-order chi connectivity index (χ0) is 14.4. The number of methoxy groups -OCH3 is 1. The molecule has 0 heterocycles. The van der Waals surface area contributed by atoms with Crippen molar-refractivity contribution in [3.8, 4) is 0 Å². The largest absolute Gasteiger partial charge is 0.478 e. The summed E-state index contributed by atoms with van der Waals surface area (Å²) in [5.74, 6) is -2.57. The van der Waals surface area contributed by atoms with Gasteiger partial charge in [0.25, 0.3) is 0 Å². The number of aromatic carboxylic acids is 1. The van der Waals surface area contributed by atoms with Gasteiger partial charge >= 0.3 is 11.9 Å². The highest BCUT2D eigenvalue weighted by Gasteiger charge is 2.12. The number of amides is 1. The lowest BCUT2D eigenvalue weighted by molar-refractivity contribution is -0.135. The number of carboxylic acid groups (broad SMARTS) is 1. The van der Waals surface area contributed by atoms with Gasteiger partial charge in [0, 0.05) is 17.2 Å². The highest BCUT2D eigenvalue weighted by molar-refractivity contribution is 6.31. The number of rotatable bonds is 4. The average molecular weight is 284 g/mol. The van der Waals surface area contributed by atoms with Crippen LogP contribution < -0.4 is 5.32 Å². The van der Waals surface area contributed by atoms with Crippen molar-refractivity contribution >= 4 is 35.1 Å². The van der Waals surface area contributed by atoms with Crippen LogP contribution in [0.25, 0.3) is 0 Å². The van der Waals surface area contributed by atoms with Crippen molar-refractivity contribution in [1.82, 2.24) is 0 Å². The molecule has 0 spiro atoms. The molecule has 0 saturated carbocycles. The molecule has 1 amide bonds. The second kappa shape index (κ2) is 6.55. The minimum Gasteiger partial charge on any atom is -0.478 e. The molecule has 100 valence electrons. The Morgan fingerprint density at radius 2 is 2.00 bits per heavy atom. The molecule has 6 nitrogen and oxygen atoms in total. The average Bonchev–Trinajstić information content (AvgIpc) is 2.37. The lowest BCUT2D eigenvalue weighted by atomic mass is 10.2. The van der Waals surface area contributed by atoms with E-state index in [9.17, 15) is 14.4 Å². The smallest absolute Gasteiger partial charge is 0.337 e. The van der Waals surface area contributed by atoms with Gasteiger partial charge in [0.05, 0.1) is 18.4 Å². The van der Waals surface area contributed by atoms with Crippen molar-refractivity contribution in [2.75, 3.05) is 12.4 Å². The molecule has 0 bridgehead atoms. The van der Waals surface area contributed by atoms with Gasteiger partial charge in [0.2, 0.25) is 5.91 Å². The van der Waals surface area contributed by atoms with Gasteiger partial charge in [0.15, 0.2) is 0 Å². The third-order valence-electron chi connectivity index (χ3n) is 2.04. The molecule has 0 aliphatic carbocycles. The van der Waals surface area contributed by atoms with Crippen LogP contribution in [0.3, 0.4) is 0 Å². The van der Waals surface area contributed by atoms with Gasteiger partial charge in [-0.15, -0.1) is 0 Å². The number of anilines is 1. The Bertz CT molecular complexity index is 553. The third-order valence-corrected chi connectivity index (χ3v) is 2.28. The molecule has 1 rings (SSSR count). The molecule has 1 aromatic carbocycles. The van der Waals surface area contributed by atoms with Crippen LogP contribution in [0.2, 0.25) is 5.02 Å². The maximum atomic E-state index is 11.5. The van der Waals surface area contributed by atoms with E-state index in [1.54, 1.807) is 0 Å². The fourth-order valence-corrected chi connectivity index (χ4v) is 1.36. The first-order chi connectivity index (χ1) is 8.93. The Hall–Kier alpha value is -2.34. The van der Waals surface area contributed by atoms with Gasteiger partial charge in [-0.1, -0.05) is 11.6 Å². The Labute approximate surface area is 113 Å². The first kappa shape index (κ1) is 14.7. The number of ether oxygens (including phenoxy) is 1. The number of hydrogen-bond acceptors (Lipinski definition) is 4. The molecule has 2 N–H and O–H groups in total. The summed E-state index contributed by atoms with van der Waals surface area (Å²) in [7, 11) is 1.17. The fourth-order valence-electron chi connectivity index (χ4n) is 1.19. The molecule has 0 unspecified atom stereocenters. The molecular formula is C12H10ClNO5. The van der Waals surface area contributed by atoms with Crippen molar-refractivity contribution < 1.29 is 24.2 Å². The summed E-state index contributed by atoms with van der Waals surface area (Å²) in [5.41, 5.74) is -0.0660. The molecular weight excluding hydrogens is 274 g/mol. The third kappa shape index (κ3) is 4.44. The van der Waals surface area contributed by atoms with Crippen LogP contribution in [0, 0.1) is 0 Å². The van der Waals surface area contributed by atoms with Crippen molar-refractivity contribution in [3.05, 3.63) is 40.9 Å². The molecule has 0 aliphatic heterocycles. The standard InChI is InChI=1S/C12H10ClNO5/c1-19-11(16)5-4-10(15)14-9-3-2-7(13)6-8(9)12(17)18/h2-6H,1H3,(H,14,15)(H,17,18)/b5-4-. The van der Waals surface area contributed by atoms with E-state index in [0.717, 1.165) is 12.2 Å². The van der Waals surface area contributed by atoms with E-state index in [1.807, 2.05) is 0 Å². The highest BCUT2D eigenvalue weighted by atomic mass is 35.5. The molecule has 1 aromatic rings. The molecule has 0 saturated heterocycles. The lowest BCUT2D eigenvalue weighted by Gasteiger charge is -2.06.